The molecule has 88 valence electrons. The molecule has 0 amide bonds. The van der Waals surface area contributed by atoms with Crippen LogP contribution in [0.4, 0.5) is 5.82 Å². The van der Waals surface area contributed by atoms with Gasteiger partial charge in [0.1, 0.15) is 11.4 Å². The minimum Gasteiger partial charge on any atom is -0.480 e. The van der Waals surface area contributed by atoms with Crippen LogP contribution in [-0.4, -0.2) is 26.8 Å². The van der Waals surface area contributed by atoms with Gasteiger partial charge in [0.2, 0.25) is 0 Å². The molecule has 1 heterocycles. The Morgan fingerprint density at radius 3 is 2.62 bits per heavy atom. The Balaban J connectivity index is 2.83. The molecule has 5 heteroatoms. The average molecular weight is 223 g/mol. The molecule has 1 rings (SSSR count). The van der Waals surface area contributed by atoms with Crippen molar-refractivity contribution in [3.8, 4) is 0 Å². The molecule has 1 aromatic heterocycles. The zero-order valence-corrected chi connectivity index (χ0v) is 9.82. The standard InChI is InChI=1S/C11H17N3O2/c1-4-7-11(3,10(15)16)12-9-6-5-8(2)13-14-9/h5-6H,4,7H2,1-3H3,(H,12,14)(H,15,16). The van der Waals surface area contributed by atoms with Crippen molar-refractivity contribution in [2.75, 3.05) is 5.32 Å². The molecule has 0 bridgehead atoms. The summed E-state index contributed by atoms with van der Waals surface area (Å²) in [5.41, 5.74) is -0.184. The van der Waals surface area contributed by atoms with Gasteiger partial charge in [0.25, 0.3) is 0 Å². The predicted molar refractivity (Wildman–Crippen MR) is 61.3 cm³/mol. The van der Waals surface area contributed by atoms with E-state index < -0.39 is 11.5 Å². The van der Waals surface area contributed by atoms with Gasteiger partial charge >= 0.3 is 5.97 Å². The van der Waals surface area contributed by atoms with Gasteiger partial charge in [-0.1, -0.05) is 13.3 Å². The molecule has 0 radical (unpaired) electrons. The highest BCUT2D eigenvalue weighted by atomic mass is 16.4. The average Bonchev–Trinajstić information content (AvgIpc) is 2.22. The Labute approximate surface area is 94.9 Å². The van der Waals surface area contributed by atoms with Crippen LogP contribution < -0.4 is 5.32 Å². The monoisotopic (exact) mass is 223 g/mol. The summed E-state index contributed by atoms with van der Waals surface area (Å²) in [6.45, 7) is 5.43. The number of nitrogens with zero attached hydrogens (tertiary/aromatic N) is 2. The number of hydrogen-bond acceptors (Lipinski definition) is 4. The summed E-state index contributed by atoms with van der Waals surface area (Å²) in [6, 6.07) is 3.53. The summed E-state index contributed by atoms with van der Waals surface area (Å²) in [6.07, 6.45) is 1.33. The van der Waals surface area contributed by atoms with Gasteiger partial charge in [0, 0.05) is 0 Å². The SMILES string of the molecule is CCCC(C)(Nc1ccc(C)nn1)C(=O)O. The van der Waals surface area contributed by atoms with Gasteiger partial charge in [-0.05, 0) is 32.4 Å². The zero-order chi connectivity index (χ0) is 12.2. The van der Waals surface area contributed by atoms with Gasteiger partial charge in [0.05, 0.1) is 5.69 Å². The lowest BCUT2D eigenvalue weighted by Crippen LogP contribution is -2.43. The molecule has 2 N–H and O–H groups in total. The number of aliphatic carboxylic acids is 1. The van der Waals surface area contributed by atoms with Crippen LogP contribution >= 0.6 is 0 Å². The quantitative estimate of drug-likeness (QED) is 0.796. The smallest absolute Gasteiger partial charge is 0.329 e. The molecule has 16 heavy (non-hydrogen) atoms. The molecular formula is C11H17N3O2. The Hall–Kier alpha value is -1.65. The summed E-state index contributed by atoms with van der Waals surface area (Å²) in [4.78, 5) is 11.2. The first-order valence-corrected chi connectivity index (χ1v) is 5.30. The number of aromatic nitrogens is 2. The lowest BCUT2D eigenvalue weighted by Gasteiger charge is -2.25. The summed E-state index contributed by atoms with van der Waals surface area (Å²) in [7, 11) is 0. The molecule has 1 aromatic rings. The van der Waals surface area contributed by atoms with E-state index in [1.54, 1.807) is 19.1 Å². The van der Waals surface area contributed by atoms with E-state index in [0.29, 0.717) is 12.2 Å². The Morgan fingerprint density at radius 1 is 1.50 bits per heavy atom. The van der Waals surface area contributed by atoms with Crippen LogP contribution in [0.25, 0.3) is 0 Å². The van der Waals surface area contributed by atoms with Crippen molar-refractivity contribution in [1.82, 2.24) is 10.2 Å². The second kappa shape index (κ2) is 4.92. The van der Waals surface area contributed by atoms with E-state index in [-0.39, 0.29) is 0 Å². The van der Waals surface area contributed by atoms with Gasteiger partial charge in [0.15, 0.2) is 0 Å². The van der Waals surface area contributed by atoms with Gasteiger partial charge in [-0.15, -0.1) is 5.10 Å². The normalized spacial score (nSPS) is 14.2. The van der Waals surface area contributed by atoms with Gasteiger partial charge in [-0.3, -0.25) is 0 Å². The molecule has 0 spiro atoms. The second-order valence-corrected chi connectivity index (χ2v) is 4.07. The van der Waals surface area contributed by atoms with Crippen LogP contribution in [0, 0.1) is 6.92 Å². The molecule has 0 aromatic carbocycles. The van der Waals surface area contributed by atoms with Crippen molar-refractivity contribution in [3.63, 3.8) is 0 Å². The number of anilines is 1. The van der Waals surface area contributed by atoms with Crippen molar-refractivity contribution in [1.29, 1.82) is 0 Å². The minimum atomic E-state index is -0.987. The number of hydrogen-bond donors (Lipinski definition) is 2. The molecule has 0 saturated heterocycles. The van der Waals surface area contributed by atoms with E-state index in [0.717, 1.165) is 12.1 Å². The highest BCUT2D eigenvalue weighted by Crippen LogP contribution is 2.18. The van der Waals surface area contributed by atoms with E-state index in [1.807, 2.05) is 13.8 Å². The second-order valence-electron chi connectivity index (χ2n) is 4.07. The lowest BCUT2D eigenvalue weighted by molar-refractivity contribution is -0.142. The molecule has 5 nitrogen and oxygen atoms in total. The maximum Gasteiger partial charge on any atom is 0.329 e. The van der Waals surface area contributed by atoms with E-state index in [2.05, 4.69) is 15.5 Å². The van der Waals surface area contributed by atoms with Crippen molar-refractivity contribution in [2.24, 2.45) is 0 Å². The highest BCUT2D eigenvalue weighted by molar-refractivity contribution is 5.81. The van der Waals surface area contributed by atoms with E-state index in [9.17, 15) is 4.79 Å². The Bertz CT molecular complexity index is 364. The van der Waals surface area contributed by atoms with Crippen molar-refractivity contribution in [3.05, 3.63) is 17.8 Å². The maximum absolute atomic E-state index is 11.2. The molecule has 0 aliphatic heterocycles. The number of rotatable bonds is 5. The molecule has 1 unspecified atom stereocenters. The summed E-state index contributed by atoms with van der Waals surface area (Å²) in [5, 5.41) is 19.9. The summed E-state index contributed by atoms with van der Waals surface area (Å²) < 4.78 is 0. The third-order valence-electron chi connectivity index (χ3n) is 2.42. The van der Waals surface area contributed by atoms with E-state index in [4.69, 9.17) is 5.11 Å². The Morgan fingerprint density at radius 2 is 2.19 bits per heavy atom. The van der Waals surface area contributed by atoms with Crippen molar-refractivity contribution < 1.29 is 9.90 Å². The summed E-state index contributed by atoms with van der Waals surface area (Å²) >= 11 is 0. The number of aryl methyl sites for hydroxylation is 1. The first-order chi connectivity index (χ1) is 7.48. The fourth-order valence-corrected chi connectivity index (χ4v) is 1.47. The minimum absolute atomic E-state index is 0.490. The van der Waals surface area contributed by atoms with Crippen LogP contribution in [0.3, 0.4) is 0 Å². The molecule has 1 atom stereocenters. The van der Waals surface area contributed by atoms with E-state index in [1.165, 1.54) is 0 Å². The first kappa shape index (κ1) is 12.4. The molecule has 0 fully saturated rings. The number of nitrogens with one attached hydrogen (secondary N) is 1. The lowest BCUT2D eigenvalue weighted by atomic mass is 9.96. The summed E-state index contributed by atoms with van der Waals surface area (Å²) in [5.74, 6) is -0.388. The first-order valence-electron chi connectivity index (χ1n) is 5.30. The van der Waals surface area contributed by atoms with Crippen molar-refractivity contribution in [2.45, 2.75) is 39.2 Å². The van der Waals surface area contributed by atoms with Crippen LogP contribution in [0.2, 0.25) is 0 Å². The number of carboxylic acid groups (broad SMARTS) is 1. The van der Waals surface area contributed by atoms with Crippen molar-refractivity contribution >= 4 is 11.8 Å². The van der Waals surface area contributed by atoms with Crippen LogP contribution in [0.5, 0.6) is 0 Å². The highest BCUT2D eigenvalue weighted by Gasteiger charge is 2.32. The molecule has 0 aliphatic rings. The topological polar surface area (TPSA) is 75.1 Å². The van der Waals surface area contributed by atoms with Crippen LogP contribution in [0.15, 0.2) is 12.1 Å². The maximum atomic E-state index is 11.2. The molecule has 0 saturated carbocycles. The van der Waals surface area contributed by atoms with E-state index >= 15 is 0 Å². The predicted octanol–water partition coefficient (Wildman–Crippen LogP) is 1.84. The van der Waals surface area contributed by atoms with Gasteiger partial charge in [-0.25, -0.2) is 4.79 Å². The molecule has 0 aliphatic carbocycles. The zero-order valence-electron chi connectivity index (χ0n) is 9.82. The van der Waals surface area contributed by atoms with Crippen LogP contribution in [0.1, 0.15) is 32.4 Å². The largest absolute Gasteiger partial charge is 0.480 e. The van der Waals surface area contributed by atoms with Gasteiger partial charge < -0.3 is 10.4 Å². The number of carbonyl (C=O) groups is 1. The Kier molecular flexibility index (Phi) is 3.82. The molecular weight excluding hydrogens is 206 g/mol. The van der Waals surface area contributed by atoms with Gasteiger partial charge in [-0.2, -0.15) is 5.10 Å². The fraction of sp³-hybridized carbons (Fsp3) is 0.545. The number of carboxylic acids is 1. The third-order valence-corrected chi connectivity index (χ3v) is 2.42. The van der Waals surface area contributed by atoms with Crippen LogP contribution in [-0.2, 0) is 4.79 Å². The fourth-order valence-electron chi connectivity index (χ4n) is 1.47. The third kappa shape index (κ3) is 2.92.